The Morgan fingerprint density at radius 1 is 1.50 bits per heavy atom. The van der Waals surface area contributed by atoms with Crippen molar-refractivity contribution in [2.75, 3.05) is 25.2 Å². The maximum absolute atomic E-state index is 5.83. The summed E-state index contributed by atoms with van der Waals surface area (Å²) in [4.78, 5) is 4.66. The minimum absolute atomic E-state index is 0.185. The zero-order valence-electron chi connectivity index (χ0n) is 12.2. The van der Waals surface area contributed by atoms with Crippen LogP contribution in [0.4, 0.5) is 0 Å². The first-order chi connectivity index (χ1) is 9.73. The molecule has 1 saturated heterocycles. The first-order valence-electron chi connectivity index (χ1n) is 7.44. The lowest BCUT2D eigenvalue weighted by atomic mass is 9.78. The fourth-order valence-electron chi connectivity index (χ4n) is 3.27. The molecule has 0 spiro atoms. The normalized spacial score (nSPS) is 35.1. The Morgan fingerprint density at radius 2 is 2.40 bits per heavy atom. The number of rotatable bonds is 3. The molecule has 0 aromatic carbocycles. The van der Waals surface area contributed by atoms with Crippen LogP contribution in [0.2, 0.25) is 0 Å². The molecule has 1 aliphatic heterocycles. The molecule has 3 unspecified atom stereocenters. The van der Waals surface area contributed by atoms with E-state index in [9.17, 15) is 0 Å². The van der Waals surface area contributed by atoms with Gasteiger partial charge in [-0.05, 0) is 25.2 Å². The van der Waals surface area contributed by atoms with Crippen LogP contribution in [0.5, 0.6) is 0 Å². The van der Waals surface area contributed by atoms with Crippen molar-refractivity contribution < 1.29 is 9.26 Å². The van der Waals surface area contributed by atoms with E-state index in [-0.39, 0.29) is 11.6 Å². The van der Waals surface area contributed by atoms with E-state index in [0.29, 0.717) is 11.8 Å². The average molecular weight is 297 g/mol. The quantitative estimate of drug-likeness (QED) is 0.925. The summed E-state index contributed by atoms with van der Waals surface area (Å²) in [6.07, 6.45) is 4.39. The summed E-state index contributed by atoms with van der Waals surface area (Å²) in [5, 5.41) is 7.67. The molecule has 1 N–H and O–H groups in total. The van der Waals surface area contributed by atoms with Gasteiger partial charge in [-0.2, -0.15) is 16.7 Å². The molecule has 1 saturated carbocycles. The van der Waals surface area contributed by atoms with Gasteiger partial charge in [-0.25, -0.2) is 0 Å². The topological polar surface area (TPSA) is 60.2 Å². The highest BCUT2D eigenvalue weighted by Gasteiger charge is 2.41. The van der Waals surface area contributed by atoms with E-state index >= 15 is 0 Å². The molecule has 2 aliphatic rings. The highest BCUT2D eigenvalue weighted by molar-refractivity contribution is 7.99. The van der Waals surface area contributed by atoms with Crippen molar-refractivity contribution in [1.29, 1.82) is 0 Å². The highest BCUT2D eigenvalue weighted by atomic mass is 32.2. The summed E-state index contributed by atoms with van der Waals surface area (Å²) >= 11 is 1.93. The number of nitrogens with one attached hydrogen (secondary N) is 1. The Labute approximate surface area is 124 Å². The summed E-state index contributed by atoms with van der Waals surface area (Å²) in [6, 6.07) is 0.185. The van der Waals surface area contributed by atoms with Crippen LogP contribution >= 0.6 is 11.8 Å². The van der Waals surface area contributed by atoms with Crippen molar-refractivity contribution in [1.82, 2.24) is 15.5 Å². The van der Waals surface area contributed by atoms with Crippen LogP contribution in [0, 0.1) is 5.92 Å². The molecule has 0 bridgehead atoms. The van der Waals surface area contributed by atoms with Gasteiger partial charge in [-0.3, -0.25) is 0 Å². The van der Waals surface area contributed by atoms with E-state index in [4.69, 9.17) is 9.26 Å². The summed E-state index contributed by atoms with van der Waals surface area (Å²) in [7, 11) is 1.77. The molecule has 112 valence electrons. The second kappa shape index (κ2) is 6.03. The molecule has 5 nitrogen and oxygen atoms in total. The van der Waals surface area contributed by atoms with Crippen LogP contribution in [-0.2, 0) is 10.3 Å². The second-order valence-electron chi connectivity index (χ2n) is 5.94. The Morgan fingerprint density at radius 3 is 3.10 bits per heavy atom. The Kier molecular flexibility index (Phi) is 4.33. The minimum Gasteiger partial charge on any atom is -0.370 e. The van der Waals surface area contributed by atoms with Crippen molar-refractivity contribution in [2.45, 2.75) is 44.2 Å². The van der Waals surface area contributed by atoms with Gasteiger partial charge in [-0.15, -0.1) is 0 Å². The SMILES string of the molecule is COC1(c2noc(C3CSCCN3)n2)CCCC(C)C1. The van der Waals surface area contributed by atoms with Crippen LogP contribution in [0.25, 0.3) is 0 Å². The van der Waals surface area contributed by atoms with Crippen LogP contribution in [0.3, 0.4) is 0 Å². The van der Waals surface area contributed by atoms with Crippen molar-refractivity contribution in [2.24, 2.45) is 5.92 Å². The monoisotopic (exact) mass is 297 g/mol. The number of thioether (sulfide) groups is 1. The zero-order valence-corrected chi connectivity index (χ0v) is 13.0. The summed E-state index contributed by atoms with van der Waals surface area (Å²) in [5.74, 6) is 4.24. The van der Waals surface area contributed by atoms with Crippen LogP contribution < -0.4 is 5.32 Å². The molecular formula is C14H23N3O2S. The molecule has 1 aromatic heterocycles. The highest BCUT2D eigenvalue weighted by Crippen LogP contribution is 2.41. The van der Waals surface area contributed by atoms with E-state index in [1.54, 1.807) is 7.11 Å². The van der Waals surface area contributed by atoms with Gasteiger partial charge in [0.05, 0.1) is 6.04 Å². The lowest BCUT2D eigenvalue weighted by Crippen LogP contribution is -2.35. The zero-order chi connectivity index (χ0) is 14.0. The Hall–Kier alpha value is -0.590. The fraction of sp³-hybridized carbons (Fsp3) is 0.857. The van der Waals surface area contributed by atoms with Gasteiger partial charge in [0, 0.05) is 25.2 Å². The van der Waals surface area contributed by atoms with E-state index in [1.165, 1.54) is 6.42 Å². The molecule has 2 heterocycles. The van der Waals surface area contributed by atoms with Gasteiger partial charge in [0.1, 0.15) is 5.60 Å². The molecule has 2 fully saturated rings. The molecule has 20 heavy (non-hydrogen) atoms. The first-order valence-corrected chi connectivity index (χ1v) is 8.59. The van der Waals surface area contributed by atoms with Crippen molar-refractivity contribution >= 4 is 11.8 Å². The van der Waals surface area contributed by atoms with Gasteiger partial charge < -0.3 is 14.6 Å². The van der Waals surface area contributed by atoms with Gasteiger partial charge in [0.2, 0.25) is 11.7 Å². The van der Waals surface area contributed by atoms with Crippen molar-refractivity contribution in [3.8, 4) is 0 Å². The van der Waals surface area contributed by atoms with Crippen LogP contribution in [0.15, 0.2) is 4.52 Å². The lowest BCUT2D eigenvalue weighted by molar-refractivity contribution is -0.0658. The third kappa shape index (κ3) is 2.73. The van der Waals surface area contributed by atoms with E-state index < -0.39 is 0 Å². The van der Waals surface area contributed by atoms with Crippen molar-refractivity contribution in [3.63, 3.8) is 0 Å². The van der Waals surface area contributed by atoms with Gasteiger partial charge in [0.25, 0.3) is 0 Å². The Balaban J connectivity index is 1.80. The molecule has 1 aromatic rings. The van der Waals surface area contributed by atoms with Crippen LogP contribution in [-0.4, -0.2) is 35.3 Å². The van der Waals surface area contributed by atoms with Crippen molar-refractivity contribution in [3.05, 3.63) is 11.7 Å². The smallest absolute Gasteiger partial charge is 0.244 e. The van der Waals surface area contributed by atoms with Gasteiger partial charge in [-0.1, -0.05) is 18.5 Å². The molecule has 1 aliphatic carbocycles. The maximum atomic E-state index is 5.83. The summed E-state index contributed by atoms with van der Waals surface area (Å²) in [6.45, 7) is 3.27. The maximum Gasteiger partial charge on any atom is 0.244 e. The average Bonchev–Trinajstić information content (AvgIpc) is 2.98. The predicted molar refractivity (Wildman–Crippen MR) is 78.7 cm³/mol. The fourth-order valence-corrected chi connectivity index (χ4v) is 4.19. The largest absolute Gasteiger partial charge is 0.370 e. The van der Waals surface area contributed by atoms with Gasteiger partial charge >= 0.3 is 0 Å². The standard InChI is InChI=1S/C14H23N3O2S/c1-10-4-3-5-14(8-10,18-2)13-16-12(19-17-13)11-9-20-7-6-15-11/h10-11,15H,3-9H2,1-2H3. The number of ether oxygens (including phenoxy) is 1. The number of methoxy groups -OCH3 is 1. The minimum atomic E-state index is -0.346. The third-order valence-corrected chi connectivity index (χ3v) is 5.48. The van der Waals surface area contributed by atoms with E-state index in [1.807, 2.05) is 11.8 Å². The third-order valence-electron chi connectivity index (χ3n) is 4.42. The lowest BCUT2D eigenvalue weighted by Gasteiger charge is -2.36. The number of hydrogen-bond donors (Lipinski definition) is 1. The van der Waals surface area contributed by atoms with E-state index in [2.05, 4.69) is 22.4 Å². The van der Waals surface area contributed by atoms with Gasteiger partial charge in [0.15, 0.2) is 0 Å². The molecule has 0 amide bonds. The molecule has 3 atom stereocenters. The van der Waals surface area contributed by atoms with E-state index in [0.717, 1.165) is 43.1 Å². The second-order valence-corrected chi connectivity index (χ2v) is 7.09. The first kappa shape index (κ1) is 14.4. The number of hydrogen-bond acceptors (Lipinski definition) is 6. The summed E-state index contributed by atoms with van der Waals surface area (Å²) < 4.78 is 11.3. The molecule has 6 heteroatoms. The molecule has 3 rings (SSSR count). The summed E-state index contributed by atoms with van der Waals surface area (Å²) in [5.41, 5.74) is -0.346. The van der Waals surface area contributed by atoms with Crippen LogP contribution in [0.1, 0.15) is 50.4 Å². The molecular weight excluding hydrogens is 274 g/mol. The number of aromatic nitrogens is 2. The molecule has 0 radical (unpaired) electrons. The Bertz CT molecular complexity index is 447. The predicted octanol–water partition coefficient (Wildman–Crippen LogP) is 2.50. The number of nitrogens with zero attached hydrogens (tertiary/aromatic N) is 2.